The molecule has 0 bridgehead atoms. The van der Waals surface area contributed by atoms with Crippen LogP contribution in [0, 0.1) is 6.92 Å². The summed E-state index contributed by atoms with van der Waals surface area (Å²) in [6.45, 7) is 1.50. The number of methoxy groups -OCH3 is 1. The molecule has 7 heteroatoms. The minimum Gasteiger partial charge on any atom is -0.465 e. The molecule has 0 saturated heterocycles. The van der Waals surface area contributed by atoms with Crippen LogP contribution in [0.3, 0.4) is 0 Å². The van der Waals surface area contributed by atoms with Gasteiger partial charge in [-0.25, -0.2) is 18.4 Å². The maximum Gasteiger partial charge on any atom is 0.338 e. The average molecular weight is 308 g/mol. The van der Waals surface area contributed by atoms with Crippen molar-refractivity contribution >= 4 is 31.9 Å². The number of benzene rings is 1. The first-order chi connectivity index (χ1) is 7.27. The van der Waals surface area contributed by atoms with Gasteiger partial charge in [-0.1, -0.05) is 15.9 Å². The molecule has 0 aromatic heterocycles. The second-order valence-corrected chi connectivity index (χ2v) is 5.56. The first-order valence-electron chi connectivity index (χ1n) is 4.18. The number of carbonyl (C=O) groups is 1. The van der Waals surface area contributed by atoms with E-state index < -0.39 is 16.0 Å². The number of hydrogen-bond acceptors (Lipinski definition) is 4. The van der Waals surface area contributed by atoms with Crippen LogP contribution in [0.15, 0.2) is 21.5 Å². The minimum absolute atomic E-state index is 0.0951. The van der Waals surface area contributed by atoms with Crippen LogP contribution in [0.1, 0.15) is 15.9 Å². The smallest absolute Gasteiger partial charge is 0.338 e. The third-order valence-corrected chi connectivity index (χ3v) is 3.53. The highest BCUT2D eigenvalue weighted by molar-refractivity contribution is 9.10. The van der Waals surface area contributed by atoms with Crippen molar-refractivity contribution in [2.75, 3.05) is 7.11 Å². The zero-order valence-corrected chi connectivity index (χ0v) is 11.1. The van der Waals surface area contributed by atoms with E-state index in [0.717, 1.165) is 0 Å². The number of halogens is 1. The summed E-state index contributed by atoms with van der Waals surface area (Å²) in [5.41, 5.74) is 0.443. The number of primary sulfonamides is 1. The van der Waals surface area contributed by atoms with Gasteiger partial charge in [0.2, 0.25) is 10.0 Å². The predicted molar refractivity (Wildman–Crippen MR) is 61.6 cm³/mol. The Morgan fingerprint density at radius 1 is 1.44 bits per heavy atom. The molecule has 1 aromatic rings. The number of hydrogen-bond donors (Lipinski definition) is 1. The monoisotopic (exact) mass is 307 g/mol. The predicted octanol–water partition coefficient (Wildman–Crippen LogP) is 1.19. The third kappa shape index (κ3) is 2.60. The van der Waals surface area contributed by atoms with Gasteiger partial charge in [-0.2, -0.15) is 0 Å². The van der Waals surface area contributed by atoms with Crippen molar-refractivity contribution in [3.8, 4) is 0 Å². The van der Waals surface area contributed by atoms with Gasteiger partial charge in [-0.3, -0.25) is 0 Å². The Balaban J connectivity index is 3.56. The molecule has 1 aromatic carbocycles. The topological polar surface area (TPSA) is 86.5 Å². The highest BCUT2D eigenvalue weighted by atomic mass is 79.9. The zero-order valence-electron chi connectivity index (χ0n) is 8.65. The average Bonchev–Trinajstić information content (AvgIpc) is 2.18. The summed E-state index contributed by atoms with van der Waals surface area (Å²) in [7, 11) is -2.64. The van der Waals surface area contributed by atoms with Crippen molar-refractivity contribution in [3.63, 3.8) is 0 Å². The number of esters is 1. The fourth-order valence-electron chi connectivity index (χ4n) is 1.27. The second-order valence-electron chi connectivity index (χ2n) is 3.11. The lowest BCUT2D eigenvalue weighted by Gasteiger charge is -2.09. The molecule has 0 unspecified atom stereocenters. The van der Waals surface area contributed by atoms with Gasteiger partial charge in [0.1, 0.15) is 0 Å². The van der Waals surface area contributed by atoms with E-state index in [1.54, 1.807) is 0 Å². The van der Waals surface area contributed by atoms with Gasteiger partial charge in [0.05, 0.1) is 17.6 Å². The lowest BCUT2D eigenvalue weighted by atomic mass is 10.1. The molecule has 0 aliphatic carbocycles. The number of sulfonamides is 1. The van der Waals surface area contributed by atoms with Gasteiger partial charge >= 0.3 is 5.97 Å². The second kappa shape index (κ2) is 4.52. The molecule has 16 heavy (non-hydrogen) atoms. The van der Waals surface area contributed by atoms with Gasteiger partial charge in [0.25, 0.3) is 0 Å². The standard InChI is InChI=1S/C9H10BrNO4S/c1-5-7(9(12)15-2)3-6(10)4-8(5)16(11,13)14/h3-4H,1-2H3,(H2,11,13,14). The molecule has 0 aliphatic heterocycles. The number of nitrogens with two attached hydrogens (primary N) is 1. The Morgan fingerprint density at radius 2 is 2.00 bits per heavy atom. The Morgan fingerprint density at radius 3 is 2.44 bits per heavy atom. The first-order valence-corrected chi connectivity index (χ1v) is 6.52. The first kappa shape index (κ1) is 13.1. The summed E-state index contributed by atoms with van der Waals surface area (Å²) in [6, 6.07) is 2.83. The van der Waals surface area contributed by atoms with Gasteiger partial charge < -0.3 is 4.74 Å². The maximum absolute atomic E-state index is 11.4. The zero-order chi connectivity index (χ0) is 12.5. The fourth-order valence-corrected chi connectivity index (χ4v) is 2.71. The molecule has 0 spiro atoms. The van der Waals surface area contributed by atoms with Crippen LogP contribution < -0.4 is 5.14 Å². The minimum atomic E-state index is -3.86. The van der Waals surface area contributed by atoms with E-state index in [1.165, 1.54) is 26.2 Å². The molecule has 0 heterocycles. The molecule has 0 fully saturated rings. The van der Waals surface area contributed by atoms with E-state index in [9.17, 15) is 13.2 Å². The molecule has 88 valence electrons. The van der Waals surface area contributed by atoms with Crippen molar-refractivity contribution in [2.24, 2.45) is 5.14 Å². The van der Waals surface area contributed by atoms with Gasteiger partial charge in [0, 0.05) is 4.47 Å². The lowest BCUT2D eigenvalue weighted by molar-refractivity contribution is 0.0599. The van der Waals surface area contributed by atoms with Crippen molar-refractivity contribution < 1.29 is 17.9 Å². The summed E-state index contributed by atoms with van der Waals surface area (Å²) >= 11 is 3.11. The number of ether oxygens (including phenoxy) is 1. The summed E-state index contributed by atoms with van der Waals surface area (Å²) < 4.78 is 27.5. The van der Waals surface area contributed by atoms with Crippen LogP contribution in [0.4, 0.5) is 0 Å². The summed E-state index contributed by atoms with van der Waals surface area (Å²) in [5, 5.41) is 5.04. The third-order valence-electron chi connectivity index (χ3n) is 2.04. The van der Waals surface area contributed by atoms with E-state index in [1.807, 2.05) is 0 Å². The molecule has 0 amide bonds. The van der Waals surface area contributed by atoms with E-state index in [0.29, 0.717) is 4.47 Å². The molecule has 2 N–H and O–H groups in total. The molecule has 1 rings (SSSR count). The summed E-state index contributed by atoms with van der Waals surface area (Å²) in [5.74, 6) is -0.608. The normalized spacial score (nSPS) is 11.2. The molecular weight excluding hydrogens is 298 g/mol. The van der Waals surface area contributed by atoms with Gasteiger partial charge in [-0.05, 0) is 24.6 Å². The summed E-state index contributed by atoms with van der Waals surface area (Å²) in [4.78, 5) is 11.3. The summed E-state index contributed by atoms with van der Waals surface area (Å²) in [6.07, 6.45) is 0. The number of carbonyl (C=O) groups excluding carboxylic acids is 1. The molecule has 0 aliphatic rings. The van der Waals surface area contributed by atoms with Gasteiger partial charge in [0.15, 0.2) is 0 Å². The van der Waals surface area contributed by atoms with E-state index in [4.69, 9.17) is 5.14 Å². The van der Waals surface area contributed by atoms with E-state index >= 15 is 0 Å². The van der Waals surface area contributed by atoms with Crippen molar-refractivity contribution in [2.45, 2.75) is 11.8 Å². The fraction of sp³-hybridized carbons (Fsp3) is 0.222. The highest BCUT2D eigenvalue weighted by Gasteiger charge is 2.19. The van der Waals surface area contributed by atoms with E-state index in [2.05, 4.69) is 20.7 Å². The van der Waals surface area contributed by atoms with Crippen LogP contribution >= 0.6 is 15.9 Å². The van der Waals surface area contributed by atoms with Crippen molar-refractivity contribution in [1.82, 2.24) is 0 Å². The molecule has 0 radical (unpaired) electrons. The Bertz CT molecular complexity index is 539. The molecule has 0 saturated carbocycles. The van der Waals surface area contributed by atoms with Crippen LogP contribution in [-0.2, 0) is 14.8 Å². The SMILES string of the molecule is COC(=O)c1cc(Br)cc(S(N)(=O)=O)c1C. The Labute approximate surface area is 102 Å². The largest absolute Gasteiger partial charge is 0.465 e. The Kier molecular flexibility index (Phi) is 3.72. The quantitative estimate of drug-likeness (QED) is 0.832. The highest BCUT2D eigenvalue weighted by Crippen LogP contribution is 2.24. The Hall–Kier alpha value is -0.920. The van der Waals surface area contributed by atoms with Gasteiger partial charge in [-0.15, -0.1) is 0 Å². The molecule has 5 nitrogen and oxygen atoms in total. The number of rotatable bonds is 2. The van der Waals surface area contributed by atoms with Crippen LogP contribution in [0.25, 0.3) is 0 Å². The molecular formula is C9H10BrNO4S. The maximum atomic E-state index is 11.4. The lowest BCUT2D eigenvalue weighted by Crippen LogP contribution is -2.16. The van der Waals surface area contributed by atoms with Crippen LogP contribution in [0.2, 0.25) is 0 Å². The van der Waals surface area contributed by atoms with Crippen LogP contribution in [-0.4, -0.2) is 21.5 Å². The molecule has 0 atom stereocenters. The van der Waals surface area contributed by atoms with E-state index in [-0.39, 0.29) is 16.0 Å². The van der Waals surface area contributed by atoms with Crippen molar-refractivity contribution in [3.05, 3.63) is 27.7 Å². The van der Waals surface area contributed by atoms with Crippen LogP contribution in [0.5, 0.6) is 0 Å². The van der Waals surface area contributed by atoms with Crippen molar-refractivity contribution in [1.29, 1.82) is 0 Å².